The Bertz CT molecular complexity index is 231. The third-order valence-corrected chi connectivity index (χ3v) is 0.635. The number of amides is 1. The predicted molar refractivity (Wildman–Crippen MR) is 44.9 cm³/mol. The van der Waals surface area contributed by atoms with Gasteiger partial charge in [0.05, 0.1) is 11.8 Å². The largest absolute Gasteiger partial charge is 0.368 e. The smallest absolute Gasteiger partial charge is 0.261 e. The van der Waals surface area contributed by atoms with Gasteiger partial charge in [0.2, 0.25) is 5.91 Å². The van der Waals surface area contributed by atoms with Gasteiger partial charge in [-0.15, -0.1) is 0 Å². The van der Waals surface area contributed by atoms with Crippen LogP contribution in [0.5, 0.6) is 0 Å². The Morgan fingerprint density at radius 2 is 1.50 bits per heavy atom. The highest BCUT2D eigenvalue weighted by atomic mass is 32.2. The summed E-state index contributed by atoms with van der Waals surface area (Å²) in [6.07, 6.45) is 0.715. The first-order valence-electron chi connectivity index (χ1n) is 2.96. The molecule has 0 fully saturated rings. The van der Waals surface area contributed by atoms with Crippen LogP contribution in [0.25, 0.3) is 0 Å². The summed E-state index contributed by atoms with van der Waals surface area (Å²) in [5.41, 5.74) is 9.15. The Balaban J connectivity index is 0. The molecule has 0 spiro atoms. The predicted octanol–water partition coefficient (Wildman–Crippen LogP) is -1.29. The van der Waals surface area contributed by atoms with Gasteiger partial charge >= 0.3 is 0 Å². The molecule has 0 aliphatic heterocycles. The zero-order valence-electron chi connectivity index (χ0n) is 7.23. The molecule has 0 aliphatic carbocycles. The van der Waals surface area contributed by atoms with Gasteiger partial charge in [0.1, 0.15) is 0 Å². The zero-order valence-corrected chi connectivity index (χ0v) is 8.05. The van der Waals surface area contributed by atoms with Gasteiger partial charge in [0.15, 0.2) is 0 Å². The molecule has 5 N–H and O–H groups in total. The van der Waals surface area contributed by atoms with E-state index in [-0.39, 0.29) is 0 Å². The fourth-order valence-corrected chi connectivity index (χ4v) is 0. The average Bonchev–Trinajstić information content (AvgIpc) is 1.55. The summed E-state index contributed by atoms with van der Waals surface area (Å²) in [5, 5.41) is 0. The van der Waals surface area contributed by atoms with Crippen LogP contribution in [-0.2, 0) is 14.9 Å². The van der Waals surface area contributed by atoms with Crippen molar-refractivity contribution in [2.24, 2.45) is 11.5 Å². The maximum absolute atomic E-state index is 10.1. The van der Waals surface area contributed by atoms with E-state index in [4.69, 9.17) is 16.0 Å². The van der Waals surface area contributed by atoms with Crippen LogP contribution in [0.4, 0.5) is 0 Å². The molecule has 0 unspecified atom stereocenters. The molecule has 0 radical (unpaired) electrons. The number of carbonyl (C=O) groups is 1. The SMILES string of the molecule is CC(C)(N)C(N)=O.CS(=O)(=O)O. The first-order chi connectivity index (χ1) is 4.94. The van der Waals surface area contributed by atoms with E-state index < -0.39 is 21.6 Å². The Hall–Kier alpha value is -0.660. The number of nitrogens with two attached hydrogens (primary N) is 2. The van der Waals surface area contributed by atoms with Crippen molar-refractivity contribution in [2.45, 2.75) is 19.4 Å². The van der Waals surface area contributed by atoms with Crippen molar-refractivity contribution in [1.82, 2.24) is 0 Å². The number of rotatable bonds is 1. The average molecular weight is 198 g/mol. The van der Waals surface area contributed by atoms with Crippen molar-refractivity contribution in [2.75, 3.05) is 6.26 Å². The Morgan fingerprint density at radius 1 is 1.42 bits per heavy atom. The second kappa shape index (κ2) is 4.39. The lowest BCUT2D eigenvalue weighted by atomic mass is 10.1. The maximum Gasteiger partial charge on any atom is 0.261 e. The van der Waals surface area contributed by atoms with Gasteiger partial charge in [-0.2, -0.15) is 8.42 Å². The molecular formula is C5H14N2O4S. The van der Waals surface area contributed by atoms with Gasteiger partial charge in [0, 0.05) is 0 Å². The van der Waals surface area contributed by atoms with Crippen molar-refractivity contribution in [3.8, 4) is 0 Å². The summed E-state index contributed by atoms with van der Waals surface area (Å²) in [5.74, 6) is -0.479. The summed E-state index contributed by atoms with van der Waals surface area (Å²) in [6, 6.07) is 0. The summed E-state index contributed by atoms with van der Waals surface area (Å²) < 4.78 is 25.9. The fourth-order valence-electron chi connectivity index (χ4n) is 0. The van der Waals surface area contributed by atoms with Crippen molar-refractivity contribution in [3.63, 3.8) is 0 Å². The lowest BCUT2D eigenvalue weighted by molar-refractivity contribution is -0.121. The summed E-state index contributed by atoms with van der Waals surface area (Å²) >= 11 is 0. The van der Waals surface area contributed by atoms with Gasteiger partial charge in [-0.05, 0) is 13.8 Å². The topological polar surface area (TPSA) is 123 Å². The minimum absolute atomic E-state index is 0.479. The van der Waals surface area contributed by atoms with Crippen LogP contribution in [-0.4, -0.2) is 30.7 Å². The molecule has 12 heavy (non-hydrogen) atoms. The van der Waals surface area contributed by atoms with Gasteiger partial charge in [0.25, 0.3) is 10.1 Å². The highest BCUT2D eigenvalue weighted by Gasteiger charge is 2.16. The van der Waals surface area contributed by atoms with E-state index in [1.54, 1.807) is 13.8 Å². The Kier molecular flexibility index (Phi) is 5.08. The maximum atomic E-state index is 10.1. The number of carbonyl (C=O) groups excluding carboxylic acids is 1. The van der Waals surface area contributed by atoms with E-state index in [0.717, 1.165) is 0 Å². The minimum Gasteiger partial charge on any atom is -0.368 e. The van der Waals surface area contributed by atoms with E-state index in [1.807, 2.05) is 0 Å². The van der Waals surface area contributed by atoms with E-state index in [0.29, 0.717) is 6.26 Å². The molecule has 6 nitrogen and oxygen atoms in total. The lowest BCUT2D eigenvalue weighted by Gasteiger charge is -2.10. The van der Waals surface area contributed by atoms with Gasteiger partial charge in [-0.3, -0.25) is 9.35 Å². The van der Waals surface area contributed by atoms with Crippen LogP contribution in [0, 0.1) is 0 Å². The van der Waals surface area contributed by atoms with E-state index >= 15 is 0 Å². The van der Waals surface area contributed by atoms with E-state index in [1.165, 1.54) is 0 Å². The fraction of sp³-hybridized carbons (Fsp3) is 0.800. The molecule has 74 valence electrons. The molecule has 0 saturated heterocycles. The van der Waals surface area contributed by atoms with Crippen molar-refractivity contribution < 1.29 is 17.8 Å². The summed E-state index contributed by atoms with van der Waals surface area (Å²) in [6.45, 7) is 3.13. The highest BCUT2D eigenvalue weighted by molar-refractivity contribution is 7.85. The molecule has 0 aromatic rings. The van der Waals surface area contributed by atoms with E-state index in [2.05, 4.69) is 0 Å². The minimum atomic E-state index is -3.67. The van der Waals surface area contributed by atoms with Crippen molar-refractivity contribution in [1.29, 1.82) is 0 Å². The third-order valence-electron chi connectivity index (χ3n) is 0.635. The Morgan fingerprint density at radius 3 is 1.50 bits per heavy atom. The normalized spacial score (nSPS) is 11.4. The third kappa shape index (κ3) is 22.8. The first kappa shape index (κ1) is 13.9. The number of primary amides is 1. The molecular weight excluding hydrogens is 184 g/mol. The van der Waals surface area contributed by atoms with Crippen molar-refractivity contribution in [3.05, 3.63) is 0 Å². The standard InChI is InChI=1S/C4H10N2O.CH4O3S/c1-4(2,6)3(5)7;1-5(2,3)4/h6H2,1-2H3,(H2,5,7);1H3,(H,2,3,4). The number of hydrogen-bond donors (Lipinski definition) is 3. The molecule has 1 amide bonds. The lowest BCUT2D eigenvalue weighted by Crippen LogP contribution is -2.46. The Labute approximate surface area is 71.7 Å². The molecule has 0 atom stereocenters. The molecule has 7 heteroatoms. The van der Waals surface area contributed by atoms with Crippen LogP contribution in [0.15, 0.2) is 0 Å². The highest BCUT2D eigenvalue weighted by Crippen LogP contribution is 1.90. The van der Waals surface area contributed by atoms with Crippen LogP contribution in [0.2, 0.25) is 0 Å². The monoisotopic (exact) mass is 198 g/mol. The molecule has 0 saturated carbocycles. The van der Waals surface area contributed by atoms with Crippen molar-refractivity contribution >= 4 is 16.0 Å². The quantitative estimate of drug-likeness (QED) is 0.452. The van der Waals surface area contributed by atoms with E-state index in [9.17, 15) is 13.2 Å². The molecule has 0 heterocycles. The van der Waals surface area contributed by atoms with Crippen LogP contribution in [0.3, 0.4) is 0 Å². The summed E-state index contributed by atoms with van der Waals surface area (Å²) in [4.78, 5) is 10.1. The molecule has 0 rings (SSSR count). The first-order valence-corrected chi connectivity index (χ1v) is 4.80. The second-order valence-corrected chi connectivity index (χ2v) is 4.28. The molecule has 0 aromatic heterocycles. The van der Waals surface area contributed by atoms with Crippen LogP contribution < -0.4 is 11.5 Å². The second-order valence-electron chi connectivity index (χ2n) is 2.82. The van der Waals surface area contributed by atoms with Crippen LogP contribution in [0.1, 0.15) is 13.8 Å². The molecule has 0 aromatic carbocycles. The van der Waals surface area contributed by atoms with Gasteiger partial charge in [-0.1, -0.05) is 0 Å². The summed E-state index contributed by atoms with van der Waals surface area (Å²) in [7, 11) is -3.67. The zero-order chi connectivity index (χ0) is 10.6. The van der Waals surface area contributed by atoms with Gasteiger partial charge in [-0.25, -0.2) is 0 Å². The van der Waals surface area contributed by atoms with Crippen LogP contribution >= 0.6 is 0 Å². The molecule has 0 bridgehead atoms. The number of hydrogen-bond acceptors (Lipinski definition) is 4. The molecule has 0 aliphatic rings. The van der Waals surface area contributed by atoms with Gasteiger partial charge < -0.3 is 11.5 Å².